The summed E-state index contributed by atoms with van der Waals surface area (Å²) in [4.78, 5) is 2.52. The average molecular weight is 266 g/mol. The third-order valence-corrected chi connectivity index (χ3v) is 3.54. The molecule has 6 heteroatoms. The first-order valence-corrected chi connectivity index (χ1v) is 6.60. The lowest BCUT2D eigenvalue weighted by molar-refractivity contribution is 0.244. The standard InChI is InChI=1S/C12H18N4OS/c13-11(18)10-3-5-14-15-12(10)16-6-1-2-9(8-16)4-7-17/h3,5,9,17H,1-2,4,6-8H2,(H2,13,18). The first kappa shape index (κ1) is 13.2. The molecular formula is C12H18N4OS. The molecule has 0 radical (unpaired) electrons. The predicted molar refractivity (Wildman–Crippen MR) is 74.6 cm³/mol. The van der Waals surface area contributed by atoms with Crippen molar-refractivity contribution in [3.05, 3.63) is 17.8 Å². The van der Waals surface area contributed by atoms with Crippen LogP contribution in [0.15, 0.2) is 12.3 Å². The van der Waals surface area contributed by atoms with Crippen molar-refractivity contribution in [2.45, 2.75) is 19.3 Å². The third kappa shape index (κ3) is 2.94. The minimum Gasteiger partial charge on any atom is -0.396 e. The van der Waals surface area contributed by atoms with Gasteiger partial charge in [-0.05, 0) is 31.2 Å². The molecule has 0 aromatic carbocycles. The van der Waals surface area contributed by atoms with Crippen LogP contribution in [0.2, 0.25) is 0 Å². The Balaban J connectivity index is 2.18. The van der Waals surface area contributed by atoms with Gasteiger partial charge in [-0.15, -0.1) is 5.10 Å². The molecule has 1 aliphatic rings. The third-order valence-electron chi connectivity index (χ3n) is 3.32. The molecule has 98 valence electrons. The molecule has 0 amide bonds. The van der Waals surface area contributed by atoms with Gasteiger partial charge in [-0.1, -0.05) is 12.2 Å². The van der Waals surface area contributed by atoms with Gasteiger partial charge in [-0.2, -0.15) is 5.10 Å². The maximum atomic E-state index is 9.03. The van der Waals surface area contributed by atoms with Gasteiger partial charge in [0, 0.05) is 19.7 Å². The molecule has 1 fully saturated rings. The fourth-order valence-corrected chi connectivity index (χ4v) is 2.59. The number of hydrogen-bond donors (Lipinski definition) is 2. The highest BCUT2D eigenvalue weighted by Crippen LogP contribution is 2.25. The van der Waals surface area contributed by atoms with Crippen LogP contribution < -0.4 is 10.6 Å². The maximum Gasteiger partial charge on any atom is 0.161 e. The Morgan fingerprint density at radius 2 is 2.44 bits per heavy atom. The number of nitrogens with two attached hydrogens (primary N) is 1. The first-order chi connectivity index (χ1) is 8.72. The van der Waals surface area contributed by atoms with Crippen molar-refractivity contribution in [1.29, 1.82) is 0 Å². The Hall–Kier alpha value is -1.27. The lowest BCUT2D eigenvalue weighted by Crippen LogP contribution is -2.37. The summed E-state index contributed by atoms with van der Waals surface area (Å²) in [5, 5.41) is 17.1. The Bertz CT molecular complexity index is 424. The second-order valence-electron chi connectivity index (χ2n) is 4.60. The predicted octanol–water partition coefficient (Wildman–Crippen LogP) is 0.710. The number of aromatic nitrogens is 2. The fourth-order valence-electron chi connectivity index (χ4n) is 2.43. The van der Waals surface area contributed by atoms with Crippen LogP contribution in [0, 0.1) is 5.92 Å². The summed E-state index contributed by atoms with van der Waals surface area (Å²) < 4.78 is 0. The van der Waals surface area contributed by atoms with Gasteiger partial charge in [-0.3, -0.25) is 0 Å². The van der Waals surface area contributed by atoms with Crippen LogP contribution >= 0.6 is 12.2 Å². The van der Waals surface area contributed by atoms with Gasteiger partial charge in [0.2, 0.25) is 0 Å². The number of piperidine rings is 1. The summed E-state index contributed by atoms with van der Waals surface area (Å²) in [5.74, 6) is 1.28. The van der Waals surface area contributed by atoms with Crippen LogP contribution in [0.1, 0.15) is 24.8 Å². The molecule has 0 saturated carbocycles. The SMILES string of the molecule is NC(=S)c1ccnnc1N1CCCC(CCO)C1. The van der Waals surface area contributed by atoms with Gasteiger partial charge in [0.05, 0.1) is 11.8 Å². The van der Waals surface area contributed by atoms with Crippen LogP contribution in [-0.4, -0.2) is 40.0 Å². The normalized spacial score (nSPS) is 19.8. The molecule has 1 unspecified atom stereocenters. The van der Waals surface area contributed by atoms with Crippen LogP contribution in [-0.2, 0) is 0 Å². The van der Waals surface area contributed by atoms with E-state index in [1.165, 1.54) is 0 Å². The van der Waals surface area contributed by atoms with E-state index in [-0.39, 0.29) is 6.61 Å². The topological polar surface area (TPSA) is 75.3 Å². The van der Waals surface area contributed by atoms with Gasteiger partial charge < -0.3 is 15.7 Å². The molecule has 0 spiro atoms. The number of aliphatic hydroxyl groups excluding tert-OH is 1. The molecule has 0 aliphatic carbocycles. The number of rotatable bonds is 4. The molecule has 1 saturated heterocycles. The van der Waals surface area contributed by atoms with Crippen molar-refractivity contribution in [3.8, 4) is 0 Å². The lowest BCUT2D eigenvalue weighted by atomic mass is 9.95. The Morgan fingerprint density at radius 3 is 3.17 bits per heavy atom. The van der Waals surface area contributed by atoms with E-state index in [9.17, 15) is 0 Å². The summed E-state index contributed by atoms with van der Waals surface area (Å²) in [5.41, 5.74) is 6.49. The lowest BCUT2D eigenvalue weighted by Gasteiger charge is -2.33. The van der Waals surface area contributed by atoms with E-state index >= 15 is 0 Å². The van der Waals surface area contributed by atoms with Crippen molar-refractivity contribution in [3.63, 3.8) is 0 Å². The molecule has 1 atom stereocenters. The van der Waals surface area contributed by atoms with Crippen LogP contribution in [0.4, 0.5) is 5.82 Å². The number of anilines is 1. The zero-order valence-corrected chi connectivity index (χ0v) is 11.1. The van der Waals surface area contributed by atoms with E-state index in [2.05, 4.69) is 15.1 Å². The van der Waals surface area contributed by atoms with Crippen molar-refractivity contribution in [2.75, 3.05) is 24.6 Å². The summed E-state index contributed by atoms with van der Waals surface area (Å²) in [7, 11) is 0. The molecule has 0 bridgehead atoms. The highest BCUT2D eigenvalue weighted by atomic mass is 32.1. The van der Waals surface area contributed by atoms with Crippen molar-refractivity contribution in [1.82, 2.24) is 10.2 Å². The van der Waals surface area contributed by atoms with Gasteiger partial charge in [0.15, 0.2) is 5.82 Å². The Morgan fingerprint density at radius 1 is 1.61 bits per heavy atom. The molecule has 1 aromatic heterocycles. The quantitative estimate of drug-likeness (QED) is 0.782. The van der Waals surface area contributed by atoms with Crippen LogP contribution in [0.5, 0.6) is 0 Å². The number of aliphatic hydroxyl groups is 1. The Labute approximate surface area is 112 Å². The van der Waals surface area contributed by atoms with Gasteiger partial charge in [0.25, 0.3) is 0 Å². The molecular weight excluding hydrogens is 248 g/mol. The highest BCUT2D eigenvalue weighted by molar-refractivity contribution is 7.80. The van der Waals surface area contributed by atoms with Gasteiger partial charge >= 0.3 is 0 Å². The zero-order chi connectivity index (χ0) is 13.0. The van der Waals surface area contributed by atoms with Crippen LogP contribution in [0.25, 0.3) is 0 Å². The molecule has 1 aliphatic heterocycles. The number of nitrogens with zero attached hydrogens (tertiary/aromatic N) is 3. The smallest absolute Gasteiger partial charge is 0.161 e. The first-order valence-electron chi connectivity index (χ1n) is 6.19. The largest absolute Gasteiger partial charge is 0.396 e. The van der Waals surface area contributed by atoms with Crippen molar-refractivity contribution < 1.29 is 5.11 Å². The summed E-state index contributed by atoms with van der Waals surface area (Å²) >= 11 is 5.04. The average Bonchev–Trinajstić information content (AvgIpc) is 2.39. The molecule has 2 heterocycles. The molecule has 3 N–H and O–H groups in total. The van der Waals surface area contributed by atoms with E-state index in [1.54, 1.807) is 12.3 Å². The maximum absolute atomic E-state index is 9.03. The number of thiocarbonyl (C=S) groups is 1. The molecule has 2 rings (SSSR count). The Kier molecular flexibility index (Phi) is 4.43. The summed E-state index contributed by atoms with van der Waals surface area (Å²) in [6.45, 7) is 2.06. The summed E-state index contributed by atoms with van der Waals surface area (Å²) in [6.07, 6.45) is 4.68. The molecule has 18 heavy (non-hydrogen) atoms. The zero-order valence-electron chi connectivity index (χ0n) is 10.2. The van der Waals surface area contributed by atoms with E-state index < -0.39 is 0 Å². The number of hydrogen-bond acceptors (Lipinski definition) is 5. The van der Waals surface area contributed by atoms with Gasteiger partial charge in [0.1, 0.15) is 4.99 Å². The van der Waals surface area contributed by atoms with E-state index in [4.69, 9.17) is 23.1 Å². The summed E-state index contributed by atoms with van der Waals surface area (Å²) in [6, 6.07) is 1.81. The highest BCUT2D eigenvalue weighted by Gasteiger charge is 2.23. The fraction of sp³-hybridized carbons (Fsp3) is 0.583. The molecule has 1 aromatic rings. The van der Waals surface area contributed by atoms with Crippen molar-refractivity contribution in [2.24, 2.45) is 11.7 Å². The van der Waals surface area contributed by atoms with E-state index in [1.807, 2.05) is 0 Å². The van der Waals surface area contributed by atoms with E-state index in [0.717, 1.165) is 43.7 Å². The van der Waals surface area contributed by atoms with Gasteiger partial charge in [-0.25, -0.2) is 0 Å². The second kappa shape index (κ2) is 6.06. The second-order valence-corrected chi connectivity index (χ2v) is 5.04. The molecule has 5 nitrogen and oxygen atoms in total. The minimum absolute atomic E-state index is 0.237. The van der Waals surface area contributed by atoms with E-state index in [0.29, 0.717) is 10.9 Å². The van der Waals surface area contributed by atoms with Crippen LogP contribution in [0.3, 0.4) is 0 Å². The monoisotopic (exact) mass is 266 g/mol. The minimum atomic E-state index is 0.237. The van der Waals surface area contributed by atoms with Crippen molar-refractivity contribution >= 4 is 23.0 Å².